The minimum Gasteiger partial charge on any atom is -0.379 e. The summed E-state index contributed by atoms with van der Waals surface area (Å²) < 4.78 is 5.41. The van der Waals surface area contributed by atoms with E-state index in [2.05, 4.69) is 15.6 Å². The predicted octanol–water partition coefficient (Wildman–Crippen LogP) is 3.87. The Morgan fingerprint density at radius 3 is 2.93 bits per heavy atom. The predicted molar refractivity (Wildman–Crippen MR) is 110 cm³/mol. The lowest BCUT2D eigenvalue weighted by Crippen LogP contribution is -2.26. The zero-order valence-corrected chi connectivity index (χ0v) is 15.6. The summed E-state index contributed by atoms with van der Waals surface area (Å²) in [5.74, 6) is -0.127. The van der Waals surface area contributed by atoms with Crippen LogP contribution < -0.4 is 10.6 Å². The molecule has 0 bridgehead atoms. The molecular formula is C21H20N4O4. The molecule has 1 atom stereocenters. The SMILES string of the molecule is O=C(Nc1cccc(CNc2ccc([N+](=O)[O-])c3cccnc23)c1)C1CCCO1. The number of ether oxygens (including phenoxy) is 1. The van der Waals surface area contributed by atoms with Crippen molar-refractivity contribution < 1.29 is 14.5 Å². The van der Waals surface area contributed by atoms with E-state index >= 15 is 0 Å². The van der Waals surface area contributed by atoms with Crippen LogP contribution in [0, 0.1) is 10.1 Å². The van der Waals surface area contributed by atoms with Crippen molar-refractivity contribution in [2.45, 2.75) is 25.5 Å². The maximum absolute atomic E-state index is 12.2. The van der Waals surface area contributed by atoms with Crippen LogP contribution in [-0.2, 0) is 16.1 Å². The van der Waals surface area contributed by atoms with Crippen LogP contribution in [0.3, 0.4) is 0 Å². The third-order valence-corrected chi connectivity index (χ3v) is 4.84. The number of anilines is 2. The Bertz CT molecular complexity index is 1060. The van der Waals surface area contributed by atoms with Crippen LogP contribution in [-0.4, -0.2) is 28.5 Å². The minimum absolute atomic E-state index is 0.0255. The number of nitro benzene ring substituents is 1. The Kier molecular flexibility index (Phi) is 5.35. The van der Waals surface area contributed by atoms with Gasteiger partial charge in [0.25, 0.3) is 11.6 Å². The van der Waals surface area contributed by atoms with Gasteiger partial charge in [0.15, 0.2) is 0 Å². The van der Waals surface area contributed by atoms with Crippen molar-refractivity contribution in [1.29, 1.82) is 0 Å². The van der Waals surface area contributed by atoms with Crippen LogP contribution in [0.15, 0.2) is 54.7 Å². The second-order valence-electron chi connectivity index (χ2n) is 6.83. The molecule has 1 aromatic heterocycles. The van der Waals surface area contributed by atoms with Gasteiger partial charge in [-0.1, -0.05) is 12.1 Å². The molecule has 148 valence electrons. The van der Waals surface area contributed by atoms with Gasteiger partial charge in [0.05, 0.1) is 16.0 Å². The number of carbonyl (C=O) groups is 1. The Morgan fingerprint density at radius 2 is 2.14 bits per heavy atom. The Balaban J connectivity index is 1.49. The van der Waals surface area contributed by atoms with E-state index in [4.69, 9.17) is 4.74 Å². The second kappa shape index (κ2) is 8.24. The number of nitro groups is 1. The molecule has 8 heteroatoms. The molecule has 2 N–H and O–H groups in total. The summed E-state index contributed by atoms with van der Waals surface area (Å²) in [5, 5.41) is 17.9. The fourth-order valence-electron chi connectivity index (χ4n) is 3.42. The number of hydrogen-bond acceptors (Lipinski definition) is 6. The zero-order chi connectivity index (χ0) is 20.2. The fraction of sp³-hybridized carbons (Fsp3) is 0.238. The summed E-state index contributed by atoms with van der Waals surface area (Å²) in [6.07, 6.45) is 2.87. The smallest absolute Gasteiger partial charge is 0.278 e. The highest BCUT2D eigenvalue weighted by atomic mass is 16.6. The van der Waals surface area contributed by atoms with Crippen LogP contribution in [0.4, 0.5) is 17.1 Å². The topological polar surface area (TPSA) is 106 Å². The van der Waals surface area contributed by atoms with Crippen molar-refractivity contribution in [3.63, 3.8) is 0 Å². The normalized spacial score (nSPS) is 15.9. The Hall–Kier alpha value is -3.52. The molecule has 0 aliphatic carbocycles. The van der Waals surface area contributed by atoms with Crippen molar-refractivity contribution in [2.75, 3.05) is 17.2 Å². The Morgan fingerprint density at radius 1 is 1.24 bits per heavy atom. The van der Waals surface area contributed by atoms with E-state index in [9.17, 15) is 14.9 Å². The van der Waals surface area contributed by atoms with Gasteiger partial charge in [-0.3, -0.25) is 19.9 Å². The average molecular weight is 392 g/mol. The molecule has 2 aromatic carbocycles. The highest BCUT2D eigenvalue weighted by Gasteiger charge is 2.23. The van der Waals surface area contributed by atoms with Gasteiger partial charge >= 0.3 is 0 Å². The molecule has 2 heterocycles. The lowest BCUT2D eigenvalue weighted by molar-refractivity contribution is -0.383. The van der Waals surface area contributed by atoms with Crippen molar-refractivity contribution in [3.05, 3.63) is 70.4 Å². The second-order valence-corrected chi connectivity index (χ2v) is 6.83. The summed E-state index contributed by atoms with van der Waals surface area (Å²) in [5.41, 5.74) is 2.94. The first-order valence-corrected chi connectivity index (χ1v) is 9.39. The number of rotatable bonds is 6. The molecule has 1 aliphatic heterocycles. The summed E-state index contributed by atoms with van der Waals surface area (Å²) in [4.78, 5) is 27.4. The largest absolute Gasteiger partial charge is 0.379 e. The van der Waals surface area contributed by atoms with E-state index in [1.54, 1.807) is 24.4 Å². The summed E-state index contributed by atoms with van der Waals surface area (Å²) >= 11 is 0. The standard InChI is InChI=1S/C21H20N4O4/c26-21(19-7-3-11-29-19)24-15-5-1-4-14(12-15)13-23-17-8-9-18(25(27)28)16-6-2-10-22-20(16)17/h1-2,4-6,8-10,12,19,23H,3,7,11,13H2,(H,24,26). The summed E-state index contributed by atoms with van der Waals surface area (Å²) in [6, 6.07) is 14.0. The van der Waals surface area contributed by atoms with Gasteiger partial charge in [-0.05, 0) is 48.7 Å². The third kappa shape index (κ3) is 4.17. The van der Waals surface area contributed by atoms with E-state index < -0.39 is 4.92 Å². The van der Waals surface area contributed by atoms with Crippen LogP contribution in [0.5, 0.6) is 0 Å². The van der Waals surface area contributed by atoms with E-state index in [-0.39, 0.29) is 17.7 Å². The number of amides is 1. The molecule has 0 radical (unpaired) electrons. The van der Waals surface area contributed by atoms with Crippen molar-refractivity contribution in [3.8, 4) is 0 Å². The van der Waals surface area contributed by atoms with Gasteiger partial charge in [-0.2, -0.15) is 0 Å². The first-order chi connectivity index (χ1) is 14.1. The number of nitrogens with one attached hydrogen (secondary N) is 2. The van der Waals surface area contributed by atoms with E-state index in [1.807, 2.05) is 24.3 Å². The average Bonchev–Trinajstić information content (AvgIpc) is 3.27. The van der Waals surface area contributed by atoms with Crippen molar-refractivity contribution in [1.82, 2.24) is 4.98 Å². The molecule has 1 unspecified atom stereocenters. The number of pyridine rings is 1. The highest BCUT2D eigenvalue weighted by Crippen LogP contribution is 2.30. The molecular weight excluding hydrogens is 372 g/mol. The first-order valence-electron chi connectivity index (χ1n) is 9.39. The molecule has 1 aliphatic rings. The quantitative estimate of drug-likeness (QED) is 0.487. The van der Waals surface area contributed by atoms with Crippen LogP contribution in [0.1, 0.15) is 18.4 Å². The highest BCUT2D eigenvalue weighted by molar-refractivity contribution is 5.96. The molecule has 1 saturated heterocycles. The molecule has 1 fully saturated rings. The van der Waals surface area contributed by atoms with Gasteiger partial charge < -0.3 is 15.4 Å². The van der Waals surface area contributed by atoms with Gasteiger partial charge in [0.1, 0.15) is 11.6 Å². The zero-order valence-electron chi connectivity index (χ0n) is 15.6. The number of aromatic nitrogens is 1. The van der Waals surface area contributed by atoms with E-state index in [0.717, 1.165) is 18.4 Å². The maximum atomic E-state index is 12.2. The van der Waals surface area contributed by atoms with Crippen molar-refractivity contribution in [2.24, 2.45) is 0 Å². The number of hydrogen-bond donors (Lipinski definition) is 2. The van der Waals surface area contributed by atoms with Gasteiger partial charge in [-0.25, -0.2) is 0 Å². The maximum Gasteiger partial charge on any atom is 0.278 e. The van der Waals surface area contributed by atoms with Gasteiger partial charge in [0, 0.05) is 31.1 Å². The molecule has 3 aromatic rings. The molecule has 4 rings (SSSR count). The van der Waals surface area contributed by atoms with Gasteiger partial charge in [0.2, 0.25) is 0 Å². The van der Waals surface area contributed by atoms with E-state index in [1.165, 1.54) is 6.07 Å². The molecule has 0 saturated carbocycles. The van der Waals surface area contributed by atoms with Crippen LogP contribution in [0.2, 0.25) is 0 Å². The lowest BCUT2D eigenvalue weighted by atomic mass is 10.1. The molecule has 8 nitrogen and oxygen atoms in total. The fourth-order valence-corrected chi connectivity index (χ4v) is 3.42. The Labute approximate surface area is 167 Å². The summed E-state index contributed by atoms with van der Waals surface area (Å²) in [6.45, 7) is 1.10. The molecule has 29 heavy (non-hydrogen) atoms. The minimum atomic E-state index is -0.409. The number of fused-ring (bicyclic) bond motifs is 1. The summed E-state index contributed by atoms with van der Waals surface area (Å²) in [7, 11) is 0. The van der Waals surface area contributed by atoms with Crippen LogP contribution >= 0.6 is 0 Å². The van der Waals surface area contributed by atoms with Gasteiger partial charge in [-0.15, -0.1) is 0 Å². The lowest BCUT2D eigenvalue weighted by Gasteiger charge is -2.13. The monoisotopic (exact) mass is 392 g/mol. The molecule has 0 spiro atoms. The first kappa shape index (κ1) is 18.8. The number of non-ortho nitro benzene ring substituents is 1. The number of nitrogens with zero attached hydrogens (tertiary/aromatic N) is 2. The van der Waals surface area contributed by atoms with E-state index in [0.29, 0.717) is 35.4 Å². The van der Waals surface area contributed by atoms with Crippen LogP contribution in [0.25, 0.3) is 10.9 Å². The third-order valence-electron chi connectivity index (χ3n) is 4.84. The number of carbonyl (C=O) groups excluding carboxylic acids is 1. The van der Waals surface area contributed by atoms with Crippen molar-refractivity contribution >= 4 is 33.9 Å². The number of benzene rings is 2. The molecule has 1 amide bonds.